The van der Waals surface area contributed by atoms with Crippen molar-refractivity contribution in [1.82, 2.24) is 4.98 Å². The lowest BCUT2D eigenvalue weighted by atomic mass is 10.2. The number of hydrogen-bond acceptors (Lipinski definition) is 4. The first-order valence-electron chi connectivity index (χ1n) is 7.14. The smallest absolute Gasteiger partial charge is 0.213 e. The molecule has 0 saturated carbocycles. The van der Waals surface area contributed by atoms with E-state index in [9.17, 15) is 0 Å². The molecule has 0 unspecified atom stereocenters. The molecule has 0 saturated heterocycles. The highest BCUT2D eigenvalue weighted by Crippen LogP contribution is 2.24. The van der Waals surface area contributed by atoms with Crippen LogP contribution in [0.1, 0.15) is 19.5 Å². The highest BCUT2D eigenvalue weighted by atomic mass is 16.5. The van der Waals surface area contributed by atoms with Crippen LogP contribution in [0.4, 0.5) is 5.69 Å². The van der Waals surface area contributed by atoms with E-state index in [-0.39, 0.29) is 0 Å². The minimum absolute atomic E-state index is 0.498. The van der Waals surface area contributed by atoms with Crippen LogP contribution in [0, 0.1) is 5.92 Å². The van der Waals surface area contributed by atoms with E-state index in [0.717, 1.165) is 17.1 Å². The van der Waals surface area contributed by atoms with Crippen molar-refractivity contribution in [1.29, 1.82) is 0 Å². The summed E-state index contributed by atoms with van der Waals surface area (Å²) in [5.74, 6) is 1.99. The number of hydrogen-bond donors (Lipinski definition) is 1. The fraction of sp³-hybridized carbons (Fsp3) is 0.353. The topological polar surface area (TPSA) is 43.4 Å². The summed E-state index contributed by atoms with van der Waals surface area (Å²) in [6.45, 7) is 5.60. The lowest BCUT2D eigenvalue weighted by Gasteiger charge is -2.14. The summed E-state index contributed by atoms with van der Waals surface area (Å²) >= 11 is 0. The van der Waals surface area contributed by atoms with Crippen LogP contribution in [-0.2, 0) is 6.54 Å². The van der Waals surface area contributed by atoms with E-state index in [1.807, 2.05) is 42.5 Å². The monoisotopic (exact) mass is 286 g/mol. The van der Waals surface area contributed by atoms with Crippen LogP contribution in [0.15, 0.2) is 42.5 Å². The first kappa shape index (κ1) is 15.2. The van der Waals surface area contributed by atoms with Crippen LogP contribution >= 0.6 is 0 Å². The van der Waals surface area contributed by atoms with E-state index in [4.69, 9.17) is 9.47 Å². The van der Waals surface area contributed by atoms with Gasteiger partial charge < -0.3 is 14.8 Å². The van der Waals surface area contributed by atoms with Crippen molar-refractivity contribution in [2.45, 2.75) is 20.4 Å². The molecule has 0 aliphatic carbocycles. The molecule has 0 aliphatic heterocycles. The van der Waals surface area contributed by atoms with E-state index in [2.05, 4.69) is 24.1 Å². The van der Waals surface area contributed by atoms with Crippen LogP contribution in [0.2, 0.25) is 0 Å². The number of nitrogens with one attached hydrogen (secondary N) is 1. The van der Waals surface area contributed by atoms with E-state index in [1.54, 1.807) is 7.11 Å². The molecule has 0 spiro atoms. The largest absolute Gasteiger partial charge is 0.491 e. The third kappa shape index (κ3) is 4.67. The zero-order valence-electron chi connectivity index (χ0n) is 12.8. The maximum atomic E-state index is 5.82. The molecule has 112 valence electrons. The van der Waals surface area contributed by atoms with E-state index < -0.39 is 0 Å². The third-order valence-electron chi connectivity index (χ3n) is 2.91. The Morgan fingerprint density at radius 3 is 2.67 bits per heavy atom. The molecule has 1 aromatic carbocycles. The van der Waals surface area contributed by atoms with Gasteiger partial charge in [-0.2, -0.15) is 0 Å². The van der Waals surface area contributed by atoms with E-state index >= 15 is 0 Å². The van der Waals surface area contributed by atoms with Crippen LogP contribution in [0.25, 0.3) is 0 Å². The summed E-state index contributed by atoms with van der Waals surface area (Å²) in [4.78, 5) is 4.38. The molecular formula is C17H22N2O2. The maximum absolute atomic E-state index is 5.82. The molecule has 0 amide bonds. The summed E-state index contributed by atoms with van der Waals surface area (Å²) in [5.41, 5.74) is 1.90. The number of pyridine rings is 1. The Labute approximate surface area is 126 Å². The highest BCUT2D eigenvalue weighted by molar-refractivity contribution is 5.56. The standard InChI is InChI=1S/C17H22N2O2/c1-13(2)12-21-16-9-5-4-8-15(16)18-11-14-7-6-10-17(19-14)20-3/h4-10,13,18H,11-12H2,1-3H3. The number of ether oxygens (including phenoxy) is 2. The molecule has 0 aliphatic rings. The third-order valence-corrected chi connectivity index (χ3v) is 2.91. The average molecular weight is 286 g/mol. The van der Waals surface area contributed by atoms with Gasteiger partial charge in [-0.15, -0.1) is 0 Å². The van der Waals surface area contributed by atoms with Gasteiger partial charge in [-0.1, -0.05) is 32.0 Å². The molecule has 0 fully saturated rings. The molecule has 4 nitrogen and oxygen atoms in total. The number of aromatic nitrogens is 1. The fourth-order valence-electron chi connectivity index (χ4n) is 1.85. The summed E-state index contributed by atoms with van der Waals surface area (Å²) in [6, 6.07) is 13.7. The van der Waals surface area contributed by atoms with Crippen LogP contribution in [0.5, 0.6) is 11.6 Å². The van der Waals surface area contributed by atoms with Gasteiger partial charge in [0.1, 0.15) is 5.75 Å². The van der Waals surface area contributed by atoms with Crippen LogP contribution in [0.3, 0.4) is 0 Å². The Morgan fingerprint density at radius 1 is 1.10 bits per heavy atom. The zero-order valence-corrected chi connectivity index (χ0v) is 12.8. The Bertz CT molecular complexity index is 570. The van der Waals surface area contributed by atoms with Gasteiger partial charge in [-0.05, 0) is 24.1 Å². The van der Waals surface area contributed by atoms with E-state index in [1.165, 1.54) is 0 Å². The Balaban J connectivity index is 2.02. The minimum Gasteiger partial charge on any atom is -0.491 e. The lowest BCUT2D eigenvalue weighted by Crippen LogP contribution is -2.08. The molecule has 4 heteroatoms. The minimum atomic E-state index is 0.498. The molecule has 1 aromatic heterocycles. The van der Waals surface area contributed by atoms with E-state index in [0.29, 0.717) is 24.9 Å². The van der Waals surface area contributed by atoms with Gasteiger partial charge in [0.15, 0.2) is 0 Å². The molecule has 0 atom stereocenters. The highest BCUT2D eigenvalue weighted by Gasteiger charge is 2.05. The molecule has 2 rings (SSSR count). The first-order valence-corrected chi connectivity index (χ1v) is 7.14. The quantitative estimate of drug-likeness (QED) is 0.842. The van der Waals surface area contributed by atoms with Gasteiger partial charge in [-0.25, -0.2) is 4.98 Å². The average Bonchev–Trinajstić information content (AvgIpc) is 2.52. The summed E-state index contributed by atoms with van der Waals surface area (Å²) in [5, 5.41) is 3.36. The van der Waals surface area contributed by atoms with Crippen molar-refractivity contribution >= 4 is 5.69 Å². The molecule has 0 radical (unpaired) electrons. The predicted molar refractivity (Wildman–Crippen MR) is 84.9 cm³/mol. The number of benzene rings is 1. The SMILES string of the molecule is COc1cccc(CNc2ccccc2OCC(C)C)n1. The number of anilines is 1. The van der Waals surface area contributed by atoms with Crippen LogP contribution < -0.4 is 14.8 Å². The Kier molecular flexibility index (Phi) is 5.43. The summed E-state index contributed by atoms with van der Waals surface area (Å²) < 4.78 is 11.0. The zero-order chi connectivity index (χ0) is 15.1. The maximum Gasteiger partial charge on any atom is 0.213 e. The normalized spacial score (nSPS) is 10.5. The lowest BCUT2D eigenvalue weighted by molar-refractivity contribution is 0.272. The Morgan fingerprint density at radius 2 is 1.90 bits per heavy atom. The second-order valence-corrected chi connectivity index (χ2v) is 5.23. The van der Waals surface area contributed by atoms with Crippen molar-refractivity contribution in [2.75, 3.05) is 19.0 Å². The van der Waals surface area contributed by atoms with Crippen molar-refractivity contribution < 1.29 is 9.47 Å². The molecule has 2 aromatic rings. The number of para-hydroxylation sites is 2. The van der Waals surface area contributed by atoms with Crippen molar-refractivity contribution in [3.8, 4) is 11.6 Å². The van der Waals surface area contributed by atoms with Gasteiger partial charge in [0.2, 0.25) is 5.88 Å². The van der Waals surface area contributed by atoms with Gasteiger partial charge in [0.05, 0.1) is 31.6 Å². The molecule has 21 heavy (non-hydrogen) atoms. The van der Waals surface area contributed by atoms with Crippen molar-refractivity contribution in [3.05, 3.63) is 48.2 Å². The molecular weight excluding hydrogens is 264 g/mol. The summed E-state index contributed by atoms with van der Waals surface area (Å²) in [6.07, 6.45) is 0. The van der Waals surface area contributed by atoms with Crippen molar-refractivity contribution in [3.63, 3.8) is 0 Å². The second-order valence-electron chi connectivity index (χ2n) is 5.23. The van der Waals surface area contributed by atoms with Gasteiger partial charge in [0, 0.05) is 6.07 Å². The summed E-state index contributed by atoms with van der Waals surface area (Å²) in [7, 11) is 1.62. The predicted octanol–water partition coefficient (Wildman–Crippen LogP) is 3.74. The molecule has 1 N–H and O–H groups in total. The van der Waals surface area contributed by atoms with Crippen LogP contribution in [-0.4, -0.2) is 18.7 Å². The van der Waals surface area contributed by atoms with Gasteiger partial charge >= 0.3 is 0 Å². The fourth-order valence-corrected chi connectivity index (χ4v) is 1.85. The molecule has 1 heterocycles. The van der Waals surface area contributed by atoms with Gasteiger partial charge in [-0.3, -0.25) is 0 Å². The number of methoxy groups -OCH3 is 1. The van der Waals surface area contributed by atoms with Gasteiger partial charge in [0.25, 0.3) is 0 Å². The molecule has 0 bridgehead atoms. The number of nitrogens with zero attached hydrogens (tertiary/aromatic N) is 1. The second kappa shape index (κ2) is 7.53. The first-order chi connectivity index (χ1) is 10.2. The number of rotatable bonds is 7. The van der Waals surface area contributed by atoms with Crippen molar-refractivity contribution in [2.24, 2.45) is 5.92 Å². The Hall–Kier alpha value is -2.23.